The van der Waals surface area contributed by atoms with E-state index >= 15 is 0 Å². The van der Waals surface area contributed by atoms with Crippen molar-refractivity contribution in [3.8, 4) is 16.9 Å². The minimum Gasteiger partial charge on any atom is -0.479 e. The summed E-state index contributed by atoms with van der Waals surface area (Å²) < 4.78 is 15.9. The van der Waals surface area contributed by atoms with Crippen molar-refractivity contribution in [2.75, 3.05) is 6.61 Å². The van der Waals surface area contributed by atoms with Crippen molar-refractivity contribution in [2.24, 2.45) is 0 Å². The summed E-state index contributed by atoms with van der Waals surface area (Å²) in [7, 11) is 0. The van der Waals surface area contributed by atoms with Crippen LogP contribution in [0.15, 0.2) is 57.7 Å². The number of aryl methyl sites for hydroxylation is 1. The summed E-state index contributed by atoms with van der Waals surface area (Å²) >= 11 is 0. The zero-order valence-corrected chi connectivity index (χ0v) is 14.9. The third-order valence-corrected chi connectivity index (χ3v) is 4.01. The molecule has 0 bridgehead atoms. The summed E-state index contributed by atoms with van der Waals surface area (Å²) in [5.41, 5.74) is 2.83. The first kappa shape index (κ1) is 17.7. The summed E-state index contributed by atoms with van der Waals surface area (Å²) in [6.45, 7) is 5.65. The van der Waals surface area contributed by atoms with Gasteiger partial charge >= 0.3 is 11.6 Å². The van der Waals surface area contributed by atoms with Crippen LogP contribution < -0.4 is 10.4 Å². The summed E-state index contributed by atoms with van der Waals surface area (Å²) in [4.78, 5) is 23.7. The van der Waals surface area contributed by atoms with Gasteiger partial charge in [-0.2, -0.15) is 0 Å². The molecule has 0 saturated carbocycles. The van der Waals surface area contributed by atoms with Crippen LogP contribution in [0.2, 0.25) is 0 Å². The molecule has 3 rings (SSSR count). The third kappa shape index (κ3) is 3.77. The highest BCUT2D eigenvalue weighted by atomic mass is 16.6. The number of rotatable bonds is 5. The Bertz CT molecular complexity index is 985. The fourth-order valence-corrected chi connectivity index (χ4v) is 2.70. The van der Waals surface area contributed by atoms with Gasteiger partial charge in [0.1, 0.15) is 11.3 Å². The van der Waals surface area contributed by atoms with Crippen molar-refractivity contribution in [2.45, 2.75) is 26.9 Å². The molecule has 0 amide bonds. The van der Waals surface area contributed by atoms with Gasteiger partial charge in [-0.1, -0.05) is 29.8 Å². The molecule has 5 heteroatoms. The van der Waals surface area contributed by atoms with Gasteiger partial charge in [-0.25, -0.2) is 9.59 Å². The Morgan fingerprint density at radius 1 is 1.12 bits per heavy atom. The van der Waals surface area contributed by atoms with Crippen LogP contribution in [0, 0.1) is 6.92 Å². The van der Waals surface area contributed by atoms with Crippen molar-refractivity contribution in [3.05, 3.63) is 64.5 Å². The maximum Gasteiger partial charge on any atom is 0.347 e. The van der Waals surface area contributed by atoms with Crippen molar-refractivity contribution < 1.29 is 18.7 Å². The average Bonchev–Trinajstić information content (AvgIpc) is 2.61. The molecule has 0 spiro atoms. The lowest BCUT2D eigenvalue weighted by atomic mass is 10.0. The maximum absolute atomic E-state index is 12.0. The van der Waals surface area contributed by atoms with E-state index in [0.717, 1.165) is 22.1 Å². The predicted octanol–water partition coefficient (Wildman–Crippen LogP) is 4.10. The van der Waals surface area contributed by atoms with Crippen molar-refractivity contribution >= 4 is 16.9 Å². The second-order valence-corrected chi connectivity index (χ2v) is 6.02. The van der Waals surface area contributed by atoms with Gasteiger partial charge in [0.15, 0.2) is 6.10 Å². The Balaban J connectivity index is 1.99. The van der Waals surface area contributed by atoms with Gasteiger partial charge in [0.2, 0.25) is 0 Å². The van der Waals surface area contributed by atoms with Crippen LogP contribution in [-0.2, 0) is 9.53 Å². The van der Waals surface area contributed by atoms with Crippen LogP contribution in [-0.4, -0.2) is 18.7 Å². The van der Waals surface area contributed by atoms with Gasteiger partial charge in [0.25, 0.3) is 0 Å². The topological polar surface area (TPSA) is 65.7 Å². The van der Waals surface area contributed by atoms with Crippen molar-refractivity contribution in [3.63, 3.8) is 0 Å². The highest BCUT2D eigenvalue weighted by Crippen LogP contribution is 2.30. The molecule has 0 N–H and O–H groups in total. The lowest BCUT2D eigenvalue weighted by molar-refractivity contribution is -0.150. The molecule has 0 aliphatic rings. The van der Waals surface area contributed by atoms with Crippen molar-refractivity contribution in [1.29, 1.82) is 0 Å². The normalized spacial score (nSPS) is 12.0. The van der Waals surface area contributed by atoms with Gasteiger partial charge in [0, 0.05) is 17.5 Å². The minimum absolute atomic E-state index is 0.291. The number of fused-ring (bicyclic) bond motifs is 1. The molecule has 5 nitrogen and oxygen atoms in total. The van der Waals surface area contributed by atoms with E-state index in [-0.39, 0.29) is 0 Å². The standard InChI is InChI=1S/C21H20O5/c1-4-24-21(23)14(3)25-16-9-10-17-18(12-20(22)26-19(17)11-16)15-7-5-13(2)6-8-15/h5-12,14H,4H2,1-3H3. The van der Waals surface area contributed by atoms with E-state index in [1.165, 1.54) is 6.07 Å². The lowest BCUT2D eigenvalue weighted by Gasteiger charge is -2.14. The van der Waals surface area contributed by atoms with E-state index in [4.69, 9.17) is 13.9 Å². The third-order valence-electron chi connectivity index (χ3n) is 4.01. The van der Waals surface area contributed by atoms with E-state index in [1.807, 2.05) is 37.3 Å². The fourth-order valence-electron chi connectivity index (χ4n) is 2.70. The Hall–Kier alpha value is -3.08. The Morgan fingerprint density at radius 2 is 1.85 bits per heavy atom. The molecular weight excluding hydrogens is 332 g/mol. The van der Waals surface area contributed by atoms with Crippen molar-refractivity contribution in [1.82, 2.24) is 0 Å². The molecule has 134 valence electrons. The quantitative estimate of drug-likeness (QED) is 0.511. The van der Waals surface area contributed by atoms with Gasteiger partial charge in [0.05, 0.1) is 6.61 Å². The summed E-state index contributed by atoms with van der Waals surface area (Å²) in [6, 6.07) is 14.6. The number of carbonyl (C=O) groups is 1. The van der Waals surface area contributed by atoms with Crippen LogP contribution in [0.3, 0.4) is 0 Å². The van der Waals surface area contributed by atoms with E-state index in [2.05, 4.69) is 0 Å². The van der Waals surface area contributed by atoms with E-state index in [9.17, 15) is 9.59 Å². The number of hydrogen-bond acceptors (Lipinski definition) is 5. The van der Waals surface area contributed by atoms with Crippen LogP contribution in [0.25, 0.3) is 22.1 Å². The Morgan fingerprint density at radius 3 is 2.54 bits per heavy atom. The first-order valence-electron chi connectivity index (χ1n) is 8.46. The minimum atomic E-state index is -0.751. The molecule has 0 fully saturated rings. The summed E-state index contributed by atoms with van der Waals surface area (Å²) in [6.07, 6.45) is -0.751. The zero-order chi connectivity index (χ0) is 18.7. The molecule has 1 unspecified atom stereocenters. The molecule has 3 aromatic rings. The number of ether oxygens (including phenoxy) is 2. The van der Waals surface area contributed by atoms with E-state index in [1.54, 1.807) is 26.0 Å². The average molecular weight is 352 g/mol. The highest BCUT2D eigenvalue weighted by molar-refractivity contribution is 5.93. The zero-order valence-electron chi connectivity index (χ0n) is 14.9. The smallest absolute Gasteiger partial charge is 0.347 e. The number of hydrogen-bond donors (Lipinski definition) is 0. The maximum atomic E-state index is 12.0. The Kier molecular flexibility index (Phi) is 5.07. The van der Waals surface area contributed by atoms with Gasteiger partial charge < -0.3 is 13.9 Å². The molecule has 0 saturated heterocycles. The predicted molar refractivity (Wildman–Crippen MR) is 99.4 cm³/mol. The van der Waals surface area contributed by atoms with Gasteiger partial charge in [-0.05, 0) is 44.0 Å². The molecule has 0 aliphatic carbocycles. The molecule has 1 aromatic heterocycles. The first-order valence-corrected chi connectivity index (χ1v) is 8.46. The van der Waals surface area contributed by atoms with E-state index in [0.29, 0.717) is 17.9 Å². The highest BCUT2D eigenvalue weighted by Gasteiger charge is 2.16. The molecule has 0 radical (unpaired) electrons. The molecule has 1 heterocycles. The summed E-state index contributed by atoms with van der Waals surface area (Å²) in [5.74, 6) is -0.00952. The van der Waals surface area contributed by atoms with Gasteiger partial charge in [-0.3, -0.25) is 0 Å². The first-order chi connectivity index (χ1) is 12.5. The van der Waals surface area contributed by atoms with E-state index < -0.39 is 17.7 Å². The molecule has 0 aliphatic heterocycles. The number of benzene rings is 2. The monoisotopic (exact) mass is 352 g/mol. The van der Waals surface area contributed by atoms with Crippen LogP contribution in [0.4, 0.5) is 0 Å². The fraction of sp³-hybridized carbons (Fsp3) is 0.238. The number of esters is 1. The number of carbonyl (C=O) groups excluding carboxylic acids is 1. The second-order valence-electron chi connectivity index (χ2n) is 6.02. The van der Waals surface area contributed by atoms with Crippen LogP contribution >= 0.6 is 0 Å². The SMILES string of the molecule is CCOC(=O)C(C)Oc1ccc2c(-c3ccc(C)cc3)cc(=O)oc2c1. The lowest BCUT2D eigenvalue weighted by Crippen LogP contribution is -2.26. The second kappa shape index (κ2) is 7.44. The molecular formula is C21H20O5. The Labute approximate surface area is 151 Å². The molecule has 1 atom stereocenters. The molecule has 26 heavy (non-hydrogen) atoms. The molecule has 2 aromatic carbocycles. The van der Waals surface area contributed by atoms with Crippen LogP contribution in [0.5, 0.6) is 5.75 Å². The largest absolute Gasteiger partial charge is 0.479 e. The van der Waals surface area contributed by atoms with Crippen LogP contribution in [0.1, 0.15) is 19.4 Å². The summed E-state index contributed by atoms with van der Waals surface area (Å²) in [5, 5.41) is 0.796. The van der Waals surface area contributed by atoms with Gasteiger partial charge in [-0.15, -0.1) is 0 Å².